The van der Waals surface area contributed by atoms with Crippen LogP contribution in [0.1, 0.15) is 33.3 Å². The molecule has 0 aromatic carbocycles. The van der Waals surface area contributed by atoms with Crippen molar-refractivity contribution in [3.8, 4) is 0 Å². The highest BCUT2D eigenvalue weighted by atomic mass is 127. The Morgan fingerprint density at radius 1 is 1.21 bits per heavy atom. The summed E-state index contributed by atoms with van der Waals surface area (Å²) >= 11 is 1.74. The Morgan fingerprint density at radius 3 is 2.54 bits per heavy atom. The molecule has 0 aliphatic heterocycles. The molecule has 0 saturated carbocycles. The van der Waals surface area contributed by atoms with E-state index >= 15 is 0 Å². The summed E-state index contributed by atoms with van der Waals surface area (Å²) < 4.78 is 5.18. The lowest BCUT2D eigenvalue weighted by Gasteiger charge is -2.11. The average molecular weight is 463 g/mol. The molecule has 2 N–H and O–H groups in total. The number of rotatable bonds is 7. The van der Waals surface area contributed by atoms with Crippen LogP contribution in [0.2, 0.25) is 0 Å². The number of nitrogens with one attached hydrogen (secondary N) is 2. The first kappa shape index (κ1) is 20.9. The van der Waals surface area contributed by atoms with E-state index in [2.05, 4.69) is 32.7 Å². The van der Waals surface area contributed by atoms with Gasteiger partial charge in [0.05, 0.1) is 10.7 Å². The molecule has 0 atom stereocenters. The molecule has 0 aliphatic rings. The van der Waals surface area contributed by atoms with Crippen molar-refractivity contribution in [1.82, 2.24) is 20.8 Å². The highest BCUT2D eigenvalue weighted by Crippen LogP contribution is 2.13. The minimum Gasteiger partial charge on any atom is -0.361 e. The molecule has 0 radical (unpaired) electrons. The van der Waals surface area contributed by atoms with Crippen molar-refractivity contribution in [1.29, 1.82) is 0 Å². The molecular formula is C16H26IN5OS. The maximum atomic E-state index is 5.18. The minimum atomic E-state index is 0. The molecule has 2 aromatic rings. The predicted molar refractivity (Wildman–Crippen MR) is 110 cm³/mol. The van der Waals surface area contributed by atoms with Crippen LogP contribution in [0.4, 0.5) is 0 Å². The first-order valence-electron chi connectivity index (χ1n) is 7.87. The van der Waals surface area contributed by atoms with Crippen LogP contribution in [-0.4, -0.2) is 36.2 Å². The summed E-state index contributed by atoms with van der Waals surface area (Å²) in [6.07, 6.45) is 4.80. The summed E-state index contributed by atoms with van der Waals surface area (Å²) in [7, 11) is 1.79. The highest BCUT2D eigenvalue weighted by molar-refractivity contribution is 14.0. The Morgan fingerprint density at radius 2 is 1.96 bits per heavy atom. The molecule has 0 aliphatic carbocycles. The van der Waals surface area contributed by atoms with Gasteiger partial charge in [0.2, 0.25) is 0 Å². The van der Waals surface area contributed by atoms with E-state index in [9.17, 15) is 0 Å². The summed E-state index contributed by atoms with van der Waals surface area (Å²) in [6.45, 7) is 7.72. The molecule has 0 unspecified atom stereocenters. The largest absolute Gasteiger partial charge is 0.361 e. The molecule has 24 heavy (non-hydrogen) atoms. The Labute approximate surface area is 164 Å². The Balaban J connectivity index is 0.00000288. The van der Waals surface area contributed by atoms with E-state index in [4.69, 9.17) is 4.52 Å². The molecular weight excluding hydrogens is 437 g/mol. The Hall–Kier alpha value is -1.16. The van der Waals surface area contributed by atoms with Crippen LogP contribution in [0.25, 0.3) is 0 Å². The van der Waals surface area contributed by atoms with Gasteiger partial charge in [-0.1, -0.05) is 5.16 Å². The number of guanidine groups is 1. The zero-order valence-electron chi connectivity index (χ0n) is 14.7. The standard InChI is InChI=1S/C16H25N5OS.HI/c1-11-10-20-15(23-11)7-9-19-16(17-4)18-8-5-6-14-12(2)21-22-13(14)3;/h10H,5-9H2,1-4H3,(H2,17,18,19);1H. The summed E-state index contributed by atoms with van der Waals surface area (Å²) in [5, 5.41) is 11.8. The van der Waals surface area contributed by atoms with Gasteiger partial charge in [0.25, 0.3) is 0 Å². The molecule has 0 fully saturated rings. The first-order valence-corrected chi connectivity index (χ1v) is 8.69. The lowest BCUT2D eigenvalue weighted by Crippen LogP contribution is -2.38. The van der Waals surface area contributed by atoms with E-state index in [1.54, 1.807) is 18.4 Å². The zero-order valence-corrected chi connectivity index (χ0v) is 17.8. The van der Waals surface area contributed by atoms with Crippen LogP contribution in [0, 0.1) is 20.8 Å². The van der Waals surface area contributed by atoms with Crippen LogP contribution in [-0.2, 0) is 12.8 Å². The monoisotopic (exact) mass is 463 g/mol. The van der Waals surface area contributed by atoms with E-state index in [1.807, 2.05) is 20.0 Å². The SMILES string of the molecule is CN=C(NCCCc1c(C)noc1C)NCCc1ncc(C)s1.I. The fraction of sp³-hybridized carbons (Fsp3) is 0.562. The second-order valence-corrected chi connectivity index (χ2v) is 6.77. The van der Waals surface area contributed by atoms with Crippen molar-refractivity contribution in [3.05, 3.63) is 33.1 Å². The molecule has 2 aromatic heterocycles. The van der Waals surface area contributed by atoms with E-state index in [0.29, 0.717) is 0 Å². The van der Waals surface area contributed by atoms with Crippen molar-refractivity contribution in [2.24, 2.45) is 4.99 Å². The van der Waals surface area contributed by atoms with Gasteiger partial charge in [-0.25, -0.2) is 4.98 Å². The van der Waals surface area contributed by atoms with Gasteiger partial charge in [-0.05, 0) is 33.6 Å². The van der Waals surface area contributed by atoms with Gasteiger partial charge in [-0.15, -0.1) is 35.3 Å². The summed E-state index contributed by atoms with van der Waals surface area (Å²) in [5.41, 5.74) is 2.21. The predicted octanol–water partition coefficient (Wildman–Crippen LogP) is 3.01. The van der Waals surface area contributed by atoms with Gasteiger partial charge >= 0.3 is 0 Å². The van der Waals surface area contributed by atoms with Crippen LogP contribution in [0.5, 0.6) is 0 Å². The lowest BCUT2D eigenvalue weighted by molar-refractivity contribution is 0.392. The van der Waals surface area contributed by atoms with Gasteiger partial charge in [0.1, 0.15) is 5.76 Å². The molecule has 0 spiro atoms. The fourth-order valence-corrected chi connectivity index (χ4v) is 3.14. The summed E-state index contributed by atoms with van der Waals surface area (Å²) in [5.74, 6) is 1.75. The maximum absolute atomic E-state index is 5.18. The first-order chi connectivity index (χ1) is 11.1. The van der Waals surface area contributed by atoms with Gasteiger partial charge in [0, 0.05) is 43.2 Å². The fourth-order valence-electron chi connectivity index (χ4n) is 2.36. The Kier molecular flexibility index (Phi) is 9.27. The number of thiazole rings is 1. The summed E-state index contributed by atoms with van der Waals surface area (Å²) in [4.78, 5) is 9.85. The van der Waals surface area contributed by atoms with Crippen LogP contribution in [0.3, 0.4) is 0 Å². The van der Waals surface area contributed by atoms with Crippen LogP contribution >= 0.6 is 35.3 Å². The summed E-state index contributed by atoms with van der Waals surface area (Å²) in [6, 6.07) is 0. The van der Waals surface area contributed by atoms with Crippen LogP contribution in [0.15, 0.2) is 15.7 Å². The third kappa shape index (κ3) is 6.39. The third-order valence-corrected chi connectivity index (χ3v) is 4.57. The average Bonchev–Trinajstić information content (AvgIpc) is 3.08. The number of aromatic nitrogens is 2. The number of nitrogens with zero attached hydrogens (tertiary/aromatic N) is 3. The second-order valence-electron chi connectivity index (χ2n) is 5.45. The Bertz CT molecular complexity index is 633. The smallest absolute Gasteiger partial charge is 0.190 e. The minimum absolute atomic E-state index is 0. The topological polar surface area (TPSA) is 75.3 Å². The lowest BCUT2D eigenvalue weighted by atomic mass is 10.1. The van der Waals surface area contributed by atoms with E-state index in [1.165, 1.54) is 10.4 Å². The molecule has 0 amide bonds. The third-order valence-electron chi connectivity index (χ3n) is 3.60. The number of hydrogen-bond donors (Lipinski definition) is 2. The van der Waals surface area contributed by atoms with Crippen molar-refractivity contribution < 1.29 is 4.52 Å². The van der Waals surface area contributed by atoms with Gasteiger partial charge in [-0.3, -0.25) is 4.99 Å². The van der Waals surface area contributed by atoms with Crippen LogP contribution < -0.4 is 10.6 Å². The van der Waals surface area contributed by atoms with E-state index in [0.717, 1.165) is 54.8 Å². The van der Waals surface area contributed by atoms with Gasteiger partial charge in [-0.2, -0.15) is 0 Å². The molecule has 134 valence electrons. The number of aryl methyl sites for hydroxylation is 3. The number of hydrogen-bond acceptors (Lipinski definition) is 5. The zero-order chi connectivity index (χ0) is 16.7. The van der Waals surface area contributed by atoms with Crippen molar-refractivity contribution >= 4 is 41.3 Å². The maximum Gasteiger partial charge on any atom is 0.190 e. The van der Waals surface area contributed by atoms with E-state index in [-0.39, 0.29) is 24.0 Å². The molecule has 2 heterocycles. The van der Waals surface area contributed by atoms with Gasteiger partial charge in [0.15, 0.2) is 5.96 Å². The van der Waals surface area contributed by atoms with E-state index < -0.39 is 0 Å². The molecule has 0 bridgehead atoms. The number of halogens is 1. The normalized spacial score (nSPS) is 11.2. The molecule has 2 rings (SSSR count). The molecule has 8 heteroatoms. The van der Waals surface area contributed by atoms with Crippen molar-refractivity contribution in [2.45, 2.75) is 40.0 Å². The molecule has 0 saturated heterocycles. The van der Waals surface area contributed by atoms with Crippen molar-refractivity contribution in [3.63, 3.8) is 0 Å². The quantitative estimate of drug-likeness (QED) is 0.286. The van der Waals surface area contributed by atoms with Crippen molar-refractivity contribution in [2.75, 3.05) is 20.1 Å². The number of aliphatic imine (C=N–C) groups is 1. The molecule has 6 nitrogen and oxygen atoms in total. The highest BCUT2D eigenvalue weighted by Gasteiger charge is 2.08. The second kappa shape index (κ2) is 10.7. The van der Waals surface area contributed by atoms with Gasteiger partial charge < -0.3 is 15.2 Å².